The lowest BCUT2D eigenvalue weighted by Crippen LogP contribution is -2.48. The number of aromatic nitrogens is 1. The first-order valence-corrected chi connectivity index (χ1v) is 8.04. The van der Waals surface area contributed by atoms with Gasteiger partial charge in [-0.3, -0.25) is 9.59 Å². The minimum atomic E-state index is -0.808. The van der Waals surface area contributed by atoms with Crippen molar-refractivity contribution in [1.82, 2.24) is 9.47 Å². The van der Waals surface area contributed by atoms with Crippen LogP contribution in [0.3, 0.4) is 0 Å². The molecule has 5 nitrogen and oxygen atoms in total. The van der Waals surface area contributed by atoms with Gasteiger partial charge < -0.3 is 14.6 Å². The van der Waals surface area contributed by atoms with Gasteiger partial charge in [-0.2, -0.15) is 0 Å². The molecule has 0 aliphatic carbocycles. The highest BCUT2D eigenvalue weighted by molar-refractivity contribution is 5.84. The summed E-state index contributed by atoms with van der Waals surface area (Å²) in [6.07, 6.45) is 1.39. The minimum Gasteiger partial charge on any atom is -0.481 e. The molecule has 2 unspecified atom stereocenters. The number of carboxylic acid groups (broad SMARTS) is 1. The van der Waals surface area contributed by atoms with E-state index < -0.39 is 11.9 Å². The first-order chi connectivity index (χ1) is 11.0. The van der Waals surface area contributed by atoms with Crippen molar-refractivity contribution < 1.29 is 14.7 Å². The van der Waals surface area contributed by atoms with Crippen molar-refractivity contribution in [3.63, 3.8) is 0 Å². The Hall–Kier alpha value is -2.30. The molecular formula is C18H22N2O3. The zero-order valence-electron chi connectivity index (χ0n) is 13.5. The van der Waals surface area contributed by atoms with Gasteiger partial charge in [0.1, 0.15) is 6.54 Å². The van der Waals surface area contributed by atoms with Crippen molar-refractivity contribution in [2.45, 2.75) is 39.3 Å². The summed E-state index contributed by atoms with van der Waals surface area (Å²) in [5, 5.41) is 10.3. The molecule has 0 radical (unpaired) electrons. The summed E-state index contributed by atoms with van der Waals surface area (Å²) >= 11 is 0. The molecule has 1 amide bonds. The van der Waals surface area contributed by atoms with E-state index >= 15 is 0 Å². The first-order valence-electron chi connectivity index (χ1n) is 8.04. The molecule has 1 aliphatic heterocycles. The smallest absolute Gasteiger partial charge is 0.308 e. The van der Waals surface area contributed by atoms with Crippen LogP contribution in [0.5, 0.6) is 0 Å². The Balaban J connectivity index is 1.82. The van der Waals surface area contributed by atoms with E-state index in [1.165, 1.54) is 0 Å². The van der Waals surface area contributed by atoms with E-state index in [1.807, 2.05) is 42.7 Å². The third kappa shape index (κ3) is 2.96. The zero-order valence-corrected chi connectivity index (χ0v) is 13.5. The van der Waals surface area contributed by atoms with Gasteiger partial charge in [-0.25, -0.2) is 0 Å². The van der Waals surface area contributed by atoms with Crippen molar-refractivity contribution in [3.05, 3.63) is 36.0 Å². The third-order valence-electron chi connectivity index (χ3n) is 4.86. The lowest BCUT2D eigenvalue weighted by Gasteiger charge is -2.36. The first kappa shape index (κ1) is 15.6. The molecule has 2 aromatic rings. The number of piperidine rings is 1. The summed E-state index contributed by atoms with van der Waals surface area (Å²) in [4.78, 5) is 25.7. The zero-order chi connectivity index (χ0) is 16.6. The number of nitrogens with zero attached hydrogens (tertiary/aromatic N) is 2. The van der Waals surface area contributed by atoms with Crippen LogP contribution in [-0.2, 0) is 16.1 Å². The van der Waals surface area contributed by atoms with Crippen LogP contribution in [0.1, 0.15) is 25.5 Å². The highest BCUT2D eigenvalue weighted by atomic mass is 16.4. The maximum atomic E-state index is 12.8. The molecule has 0 saturated carbocycles. The number of para-hydroxylation sites is 1. The Morgan fingerprint density at radius 1 is 1.26 bits per heavy atom. The van der Waals surface area contributed by atoms with Crippen molar-refractivity contribution in [3.8, 4) is 0 Å². The quantitative estimate of drug-likeness (QED) is 0.947. The number of hydrogen-bond acceptors (Lipinski definition) is 2. The normalized spacial score (nSPS) is 21.6. The van der Waals surface area contributed by atoms with Gasteiger partial charge in [-0.05, 0) is 44.2 Å². The van der Waals surface area contributed by atoms with Crippen LogP contribution in [0.2, 0.25) is 0 Å². The number of rotatable bonds is 3. The summed E-state index contributed by atoms with van der Waals surface area (Å²) in [7, 11) is 0. The van der Waals surface area contributed by atoms with Gasteiger partial charge in [0.2, 0.25) is 5.91 Å². The molecule has 0 spiro atoms. The van der Waals surface area contributed by atoms with Crippen LogP contribution in [0.25, 0.3) is 10.9 Å². The summed E-state index contributed by atoms with van der Waals surface area (Å²) in [5.74, 6) is -1.26. The van der Waals surface area contributed by atoms with Crippen LogP contribution in [0, 0.1) is 12.8 Å². The monoisotopic (exact) mass is 314 g/mol. The van der Waals surface area contributed by atoms with Gasteiger partial charge >= 0.3 is 5.97 Å². The Morgan fingerprint density at radius 3 is 2.74 bits per heavy atom. The van der Waals surface area contributed by atoms with Crippen LogP contribution in [0.4, 0.5) is 0 Å². The molecule has 1 aliphatic rings. The Labute approximate surface area is 135 Å². The molecule has 3 rings (SSSR count). The molecule has 1 aromatic heterocycles. The second-order valence-corrected chi connectivity index (χ2v) is 6.44. The summed E-state index contributed by atoms with van der Waals surface area (Å²) < 4.78 is 2.01. The molecule has 1 aromatic carbocycles. The van der Waals surface area contributed by atoms with Crippen LogP contribution in [0.15, 0.2) is 30.3 Å². The second-order valence-electron chi connectivity index (χ2n) is 6.44. The number of carboxylic acids is 1. The number of hydrogen-bond donors (Lipinski definition) is 1. The number of amides is 1. The van der Waals surface area contributed by atoms with E-state index in [0.717, 1.165) is 23.0 Å². The lowest BCUT2D eigenvalue weighted by molar-refractivity contribution is -0.147. The Morgan fingerprint density at radius 2 is 2.00 bits per heavy atom. The number of carbonyl (C=O) groups is 2. The van der Waals surface area contributed by atoms with Gasteiger partial charge in [-0.1, -0.05) is 18.2 Å². The predicted molar refractivity (Wildman–Crippen MR) is 88.2 cm³/mol. The average molecular weight is 314 g/mol. The number of likely N-dealkylation sites (tertiary alicyclic amines) is 1. The molecule has 1 N–H and O–H groups in total. The van der Waals surface area contributed by atoms with Crippen molar-refractivity contribution in [2.24, 2.45) is 5.92 Å². The van der Waals surface area contributed by atoms with Gasteiger partial charge in [0.05, 0.1) is 5.92 Å². The summed E-state index contributed by atoms with van der Waals surface area (Å²) in [5.41, 5.74) is 2.08. The van der Waals surface area contributed by atoms with E-state index in [-0.39, 0.29) is 18.5 Å². The molecule has 5 heteroatoms. The van der Waals surface area contributed by atoms with Crippen molar-refractivity contribution in [1.29, 1.82) is 0 Å². The molecule has 1 saturated heterocycles. The highest BCUT2D eigenvalue weighted by Crippen LogP contribution is 2.24. The van der Waals surface area contributed by atoms with Crippen molar-refractivity contribution in [2.75, 3.05) is 6.54 Å². The highest BCUT2D eigenvalue weighted by Gasteiger charge is 2.32. The van der Waals surface area contributed by atoms with Gasteiger partial charge in [-0.15, -0.1) is 0 Å². The molecule has 1 fully saturated rings. The van der Waals surface area contributed by atoms with E-state index in [9.17, 15) is 14.7 Å². The molecule has 23 heavy (non-hydrogen) atoms. The number of carbonyl (C=O) groups excluding carboxylic acids is 1. The number of benzene rings is 1. The molecule has 2 heterocycles. The fraction of sp³-hybridized carbons (Fsp3) is 0.444. The maximum Gasteiger partial charge on any atom is 0.308 e. The van der Waals surface area contributed by atoms with Crippen molar-refractivity contribution >= 4 is 22.8 Å². The number of fused-ring (bicyclic) bond motifs is 1. The van der Waals surface area contributed by atoms with E-state index in [1.54, 1.807) is 4.90 Å². The molecule has 2 atom stereocenters. The van der Waals surface area contributed by atoms with Gasteiger partial charge in [0.15, 0.2) is 0 Å². The topological polar surface area (TPSA) is 62.5 Å². The van der Waals surface area contributed by atoms with E-state index in [2.05, 4.69) is 6.07 Å². The van der Waals surface area contributed by atoms with E-state index in [0.29, 0.717) is 13.0 Å². The van der Waals surface area contributed by atoms with Crippen LogP contribution >= 0.6 is 0 Å². The predicted octanol–water partition coefficient (Wildman–Crippen LogP) is 2.66. The summed E-state index contributed by atoms with van der Waals surface area (Å²) in [6.45, 7) is 4.56. The maximum absolute atomic E-state index is 12.8. The minimum absolute atomic E-state index is 0.00657. The second kappa shape index (κ2) is 6.07. The lowest BCUT2D eigenvalue weighted by atomic mass is 9.93. The van der Waals surface area contributed by atoms with E-state index in [4.69, 9.17) is 0 Å². The Kier molecular flexibility index (Phi) is 4.11. The third-order valence-corrected chi connectivity index (χ3v) is 4.86. The number of aliphatic carboxylic acids is 1. The number of aryl methyl sites for hydroxylation is 1. The fourth-order valence-electron chi connectivity index (χ4n) is 3.44. The standard InChI is InChI=1S/C18H22N2O3/c1-12-7-8-15(18(22)23)10-20(12)17(21)11-19-13(2)9-14-5-3-4-6-16(14)19/h3-6,9,12,15H,7-8,10-11H2,1-2H3,(H,22,23). The molecule has 0 bridgehead atoms. The fourth-order valence-corrected chi connectivity index (χ4v) is 3.44. The SMILES string of the molecule is Cc1cc2ccccc2n1CC(=O)N1CC(C(=O)O)CCC1C. The van der Waals surface area contributed by atoms with Crippen LogP contribution in [-0.4, -0.2) is 39.0 Å². The molecule has 122 valence electrons. The van der Waals surface area contributed by atoms with Crippen LogP contribution < -0.4 is 0 Å². The van der Waals surface area contributed by atoms with Gasteiger partial charge in [0, 0.05) is 23.8 Å². The van der Waals surface area contributed by atoms with Gasteiger partial charge in [0.25, 0.3) is 0 Å². The summed E-state index contributed by atoms with van der Waals surface area (Å²) in [6, 6.07) is 10.2. The average Bonchev–Trinajstić information content (AvgIpc) is 2.83. The largest absolute Gasteiger partial charge is 0.481 e. The Bertz CT molecular complexity index is 750. The molecular weight excluding hydrogens is 292 g/mol.